The van der Waals surface area contributed by atoms with Gasteiger partial charge in [-0.1, -0.05) is 56.1 Å². The van der Waals surface area contributed by atoms with E-state index in [-0.39, 0.29) is 19.1 Å². The normalized spacial score (nSPS) is 10.8. The zero-order valence-corrected chi connectivity index (χ0v) is 45.0. The average Bonchev–Trinajstić information content (AvgIpc) is 3.51. The van der Waals surface area contributed by atoms with Crippen molar-refractivity contribution in [2.75, 3.05) is 52.9 Å². The molecule has 0 N–H and O–H groups in total. The van der Waals surface area contributed by atoms with E-state index >= 15 is 0 Å². The minimum absolute atomic E-state index is 0.155. The Labute approximate surface area is 462 Å². The van der Waals surface area contributed by atoms with E-state index in [1.165, 1.54) is 0 Å². The summed E-state index contributed by atoms with van der Waals surface area (Å²) in [5.41, 5.74) is 3.10. The Balaban J connectivity index is 1.04. The molecule has 6 rings (SSSR count). The molecule has 0 bridgehead atoms. The third-order valence-corrected chi connectivity index (χ3v) is 12.5. The number of pyridine rings is 1. The van der Waals surface area contributed by atoms with Gasteiger partial charge in [-0.05, 0) is 166 Å². The molecule has 6 aromatic rings. The van der Waals surface area contributed by atoms with Crippen molar-refractivity contribution < 1.29 is 66.6 Å². The van der Waals surface area contributed by atoms with E-state index < -0.39 is 29.8 Å². The Kier molecular flexibility index (Phi) is 25.5. The Morgan fingerprint density at radius 1 is 0.367 bits per heavy atom. The van der Waals surface area contributed by atoms with Gasteiger partial charge in [-0.25, -0.2) is 29.0 Å². The minimum Gasteiger partial charge on any atom is -0.494 e. The highest BCUT2D eigenvalue weighted by Crippen LogP contribution is 2.35. The topological polar surface area (TPSA) is 181 Å². The monoisotopic (exact) mass is 1080 g/mol. The summed E-state index contributed by atoms with van der Waals surface area (Å²) < 4.78 is 50.8. The predicted octanol–water partition coefficient (Wildman–Crippen LogP) is 13.0. The Morgan fingerprint density at radius 2 is 0.734 bits per heavy atom. The summed E-state index contributed by atoms with van der Waals surface area (Å²) in [5.74, 6) is 0.657. The Bertz CT molecular complexity index is 2930. The number of rotatable bonds is 37. The number of carbonyl (C=O) groups is 5. The van der Waals surface area contributed by atoms with Gasteiger partial charge < -0.3 is 42.6 Å². The molecule has 15 heteroatoms. The highest BCUT2D eigenvalue weighted by atomic mass is 16.5. The van der Waals surface area contributed by atoms with Gasteiger partial charge in [-0.2, -0.15) is 0 Å². The van der Waals surface area contributed by atoms with Crippen molar-refractivity contribution in [1.82, 2.24) is 4.98 Å². The quantitative estimate of drug-likeness (QED) is 0.0118. The van der Waals surface area contributed by atoms with Crippen LogP contribution in [-0.2, 0) is 50.9 Å². The van der Waals surface area contributed by atoms with Crippen LogP contribution in [0.5, 0.6) is 28.9 Å². The van der Waals surface area contributed by atoms with Gasteiger partial charge in [0.1, 0.15) is 23.0 Å². The second-order valence-corrected chi connectivity index (χ2v) is 18.4. The van der Waals surface area contributed by atoms with Crippen molar-refractivity contribution in [2.45, 2.75) is 89.9 Å². The summed E-state index contributed by atoms with van der Waals surface area (Å²) in [6, 6.07) is 33.0. The number of ether oxygens (including phenoxy) is 9. The van der Waals surface area contributed by atoms with Crippen molar-refractivity contribution in [3.8, 4) is 28.9 Å². The predicted molar refractivity (Wildman–Crippen MR) is 302 cm³/mol. The van der Waals surface area contributed by atoms with Gasteiger partial charge in [0.25, 0.3) is 0 Å². The van der Waals surface area contributed by atoms with Gasteiger partial charge in [-0.3, -0.25) is 0 Å². The summed E-state index contributed by atoms with van der Waals surface area (Å²) in [6.45, 7) is 13.3. The molecule has 0 unspecified atom stereocenters. The van der Waals surface area contributed by atoms with Gasteiger partial charge in [-0.15, -0.1) is 0 Å². The van der Waals surface area contributed by atoms with E-state index in [0.717, 1.165) is 129 Å². The lowest BCUT2D eigenvalue weighted by molar-refractivity contribution is -0.138. The van der Waals surface area contributed by atoms with Gasteiger partial charge >= 0.3 is 29.8 Å². The van der Waals surface area contributed by atoms with Crippen LogP contribution in [0.3, 0.4) is 0 Å². The first-order valence-electron chi connectivity index (χ1n) is 27.1. The molecule has 416 valence electrons. The molecule has 0 amide bonds. The first-order valence-corrected chi connectivity index (χ1v) is 27.1. The highest BCUT2D eigenvalue weighted by Gasteiger charge is 2.18. The molecule has 0 aliphatic carbocycles. The number of nitrogens with zero attached hydrogens (tertiary/aromatic N) is 1. The van der Waals surface area contributed by atoms with Gasteiger partial charge in [0.15, 0.2) is 0 Å². The van der Waals surface area contributed by atoms with Crippen LogP contribution < -0.4 is 18.9 Å². The smallest absolute Gasteiger partial charge is 0.338 e. The fraction of sp³-hybridized carbons (Fsp3) is 0.344. The largest absolute Gasteiger partial charge is 0.494 e. The number of esters is 5. The fourth-order valence-corrected chi connectivity index (χ4v) is 8.16. The molecule has 5 aromatic carbocycles. The Morgan fingerprint density at radius 3 is 1.15 bits per heavy atom. The number of aromatic nitrogens is 1. The van der Waals surface area contributed by atoms with Crippen LogP contribution in [0.4, 0.5) is 0 Å². The van der Waals surface area contributed by atoms with Crippen molar-refractivity contribution in [1.29, 1.82) is 0 Å². The summed E-state index contributed by atoms with van der Waals surface area (Å²) >= 11 is 0. The average molecular weight is 1080 g/mol. The molecule has 0 saturated carbocycles. The van der Waals surface area contributed by atoms with Crippen LogP contribution in [0, 0.1) is 0 Å². The molecule has 0 saturated heterocycles. The van der Waals surface area contributed by atoms with Crippen LogP contribution in [-0.4, -0.2) is 87.7 Å². The molecule has 0 atom stereocenters. The molecule has 1 aromatic heterocycles. The zero-order valence-electron chi connectivity index (χ0n) is 45.0. The minimum atomic E-state index is -0.503. The molecule has 0 fully saturated rings. The van der Waals surface area contributed by atoms with Crippen molar-refractivity contribution in [3.05, 3.63) is 169 Å². The summed E-state index contributed by atoms with van der Waals surface area (Å²) in [6.07, 6.45) is 15.1. The summed E-state index contributed by atoms with van der Waals surface area (Å²) in [5, 5.41) is 2.06. The number of carbonyl (C=O) groups excluding carboxylic acids is 5. The van der Waals surface area contributed by atoms with E-state index in [4.69, 9.17) is 47.6 Å². The number of hydrogen-bond acceptors (Lipinski definition) is 15. The molecule has 0 spiro atoms. The van der Waals surface area contributed by atoms with Crippen molar-refractivity contribution in [3.63, 3.8) is 0 Å². The second-order valence-electron chi connectivity index (χ2n) is 18.4. The van der Waals surface area contributed by atoms with Crippen LogP contribution in [0.15, 0.2) is 147 Å². The molecule has 0 radical (unpaired) electrons. The molecule has 15 nitrogen and oxygen atoms in total. The van der Waals surface area contributed by atoms with Crippen LogP contribution >= 0.6 is 0 Å². The standard InChI is InChI=1S/C64H71NO14/c1-4-59(66)74-40-16-10-7-13-37-71-51-25-19-47(20-26-51)35-43-77-63(69)49-23-33-55-56-34-24-50(64(70)78-44-36-48-21-27-52(28-22-48)72-38-14-8-11-17-41-75-60(67)5-2)46-58(56)65-62(57(55)45-49)79-54-31-29-53(30-32-54)73-39-15-9-12-18-42-76-61(68)6-3/h4-6,19-34,45-46H,1-3,7-18,35-44H2. The van der Waals surface area contributed by atoms with E-state index in [1.54, 1.807) is 36.4 Å². The fourth-order valence-electron chi connectivity index (χ4n) is 8.16. The lowest BCUT2D eigenvalue weighted by atomic mass is 10.0. The van der Waals surface area contributed by atoms with E-state index in [9.17, 15) is 24.0 Å². The number of fused-ring (bicyclic) bond motifs is 3. The van der Waals surface area contributed by atoms with Crippen LogP contribution in [0.2, 0.25) is 0 Å². The first-order chi connectivity index (χ1) is 38.6. The Hall–Kier alpha value is -8.46. The molecule has 0 aliphatic rings. The lowest BCUT2D eigenvalue weighted by Gasteiger charge is -2.14. The number of hydrogen-bond donors (Lipinski definition) is 0. The summed E-state index contributed by atoms with van der Waals surface area (Å²) in [7, 11) is 0. The van der Waals surface area contributed by atoms with E-state index in [2.05, 4.69) is 19.7 Å². The van der Waals surface area contributed by atoms with Gasteiger partial charge in [0.05, 0.1) is 69.5 Å². The maximum absolute atomic E-state index is 13.6. The maximum Gasteiger partial charge on any atom is 0.338 e. The molecular weight excluding hydrogens is 1010 g/mol. The van der Waals surface area contributed by atoms with Crippen LogP contribution in [0.25, 0.3) is 21.7 Å². The first kappa shape index (κ1) is 59.8. The molecule has 1 heterocycles. The van der Waals surface area contributed by atoms with Gasteiger partial charge in [0, 0.05) is 41.8 Å². The van der Waals surface area contributed by atoms with Gasteiger partial charge in [0.2, 0.25) is 5.88 Å². The molecule has 0 aliphatic heterocycles. The number of unbranched alkanes of at least 4 members (excludes halogenated alkanes) is 9. The van der Waals surface area contributed by atoms with Crippen LogP contribution in [0.1, 0.15) is 109 Å². The summed E-state index contributed by atoms with van der Waals surface area (Å²) in [4.78, 5) is 65.5. The zero-order chi connectivity index (χ0) is 55.9. The SMILES string of the molecule is C=CC(=O)OCCCCCCOc1ccc(CCOC(=O)c2ccc3c(c2)nc(Oc2ccc(OCCCCCCOC(=O)C=C)cc2)c2cc(C(=O)OCCc4ccc(OCCCCCCOC(=O)C=C)cc4)ccc23)cc1. The molecule has 79 heavy (non-hydrogen) atoms. The lowest BCUT2D eigenvalue weighted by Crippen LogP contribution is -2.09. The van der Waals surface area contributed by atoms with E-state index in [1.807, 2.05) is 72.8 Å². The molecular formula is C64H71NO14. The third kappa shape index (κ3) is 21.1. The maximum atomic E-state index is 13.6. The number of benzene rings is 5. The highest BCUT2D eigenvalue weighted by molar-refractivity contribution is 6.11. The van der Waals surface area contributed by atoms with Crippen molar-refractivity contribution >= 4 is 51.5 Å². The second kappa shape index (κ2) is 33.6. The third-order valence-electron chi connectivity index (χ3n) is 12.5. The van der Waals surface area contributed by atoms with Crippen molar-refractivity contribution in [2.24, 2.45) is 0 Å². The van der Waals surface area contributed by atoms with E-state index in [0.29, 0.717) is 86.0 Å².